The van der Waals surface area contributed by atoms with Crippen LogP contribution in [0, 0.1) is 18.3 Å². The van der Waals surface area contributed by atoms with Gasteiger partial charge in [0.1, 0.15) is 0 Å². The third-order valence-corrected chi connectivity index (χ3v) is 3.27. The van der Waals surface area contributed by atoms with E-state index in [9.17, 15) is 0 Å². The van der Waals surface area contributed by atoms with Crippen LogP contribution in [0.5, 0.6) is 0 Å². The topological polar surface area (TPSA) is 35.8 Å². The van der Waals surface area contributed by atoms with Crippen LogP contribution in [0.3, 0.4) is 0 Å². The summed E-state index contributed by atoms with van der Waals surface area (Å²) in [5.41, 5.74) is 3.16. The van der Waals surface area contributed by atoms with E-state index in [0.29, 0.717) is 15.6 Å². The molecule has 2 nitrogen and oxygen atoms in total. The molecule has 0 aromatic heterocycles. The van der Waals surface area contributed by atoms with E-state index in [1.165, 1.54) is 0 Å². The van der Waals surface area contributed by atoms with Crippen molar-refractivity contribution in [3.63, 3.8) is 0 Å². The number of hydrogen-bond acceptors (Lipinski definition) is 2. The van der Waals surface area contributed by atoms with Gasteiger partial charge in [-0.3, -0.25) is 0 Å². The van der Waals surface area contributed by atoms with Crippen LogP contribution in [0.15, 0.2) is 36.4 Å². The van der Waals surface area contributed by atoms with Crippen LogP contribution in [-0.2, 0) is 0 Å². The van der Waals surface area contributed by atoms with Gasteiger partial charge >= 0.3 is 0 Å². The molecule has 0 aliphatic carbocycles. The molecule has 0 radical (unpaired) electrons. The fraction of sp³-hybridized carbons (Fsp3) is 0.0714. The Balaban J connectivity index is 2.29. The third-order valence-electron chi connectivity index (χ3n) is 2.55. The van der Waals surface area contributed by atoms with Crippen LogP contribution in [0.25, 0.3) is 0 Å². The van der Waals surface area contributed by atoms with Gasteiger partial charge in [0.05, 0.1) is 22.3 Å². The van der Waals surface area contributed by atoms with Crippen LogP contribution >= 0.6 is 23.2 Å². The first-order valence-electron chi connectivity index (χ1n) is 5.33. The predicted molar refractivity (Wildman–Crippen MR) is 75.6 cm³/mol. The van der Waals surface area contributed by atoms with Gasteiger partial charge in [-0.2, -0.15) is 5.26 Å². The quantitative estimate of drug-likeness (QED) is 0.845. The lowest BCUT2D eigenvalue weighted by Gasteiger charge is -2.09. The summed E-state index contributed by atoms with van der Waals surface area (Å²) in [4.78, 5) is 0. The van der Waals surface area contributed by atoms with E-state index in [-0.39, 0.29) is 0 Å². The minimum Gasteiger partial charge on any atom is -0.354 e. The molecule has 0 aliphatic rings. The van der Waals surface area contributed by atoms with E-state index < -0.39 is 0 Å². The fourth-order valence-corrected chi connectivity index (χ4v) is 1.92. The van der Waals surface area contributed by atoms with Crippen molar-refractivity contribution >= 4 is 34.6 Å². The lowest BCUT2D eigenvalue weighted by Crippen LogP contribution is -1.92. The van der Waals surface area contributed by atoms with Crippen molar-refractivity contribution in [1.82, 2.24) is 0 Å². The molecule has 0 bridgehead atoms. The second kappa shape index (κ2) is 5.30. The Morgan fingerprint density at radius 2 is 1.83 bits per heavy atom. The first-order valence-corrected chi connectivity index (χ1v) is 6.08. The molecule has 2 rings (SSSR count). The van der Waals surface area contributed by atoms with E-state index in [4.69, 9.17) is 28.5 Å². The van der Waals surface area contributed by atoms with E-state index in [0.717, 1.165) is 16.9 Å². The Hall–Kier alpha value is -1.69. The fourth-order valence-electron chi connectivity index (χ4n) is 1.51. The van der Waals surface area contributed by atoms with Gasteiger partial charge in [-0.15, -0.1) is 0 Å². The van der Waals surface area contributed by atoms with Gasteiger partial charge in [0.15, 0.2) is 0 Å². The number of aryl methyl sites for hydroxylation is 1. The molecule has 1 N–H and O–H groups in total. The van der Waals surface area contributed by atoms with Gasteiger partial charge in [-0.1, -0.05) is 29.3 Å². The number of rotatable bonds is 2. The summed E-state index contributed by atoms with van der Waals surface area (Å²) in [6.07, 6.45) is 0. The SMILES string of the molecule is Cc1ccc(Nc2ccc(C#N)cc2Cl)cc1Cl. The Morgan fingerprint density at radius 3 is 2.44 bits per heavy atom. The lowest BCUT2D eigenvalue weighted by molar-refractivity contribution is 1.44. The van der Waals surface area contributed by atoms with Crippen molar-refractivity contribution in [2.24, 2.45) is 0 Å². The molecule has 0 saturated carbocycles. The highest BCUT2D eigenvalue weighted by molar-refractivity contribution is 6.33. The number of anilines is 2. The molecule has 0 saturated heterocycles. The molecule has 4 heteroatoms. The van der Waals surface area contributed by atoms with Gasteiger partial charge in [0, 0.05) is 10.7 Å². The first kappa shape index (κ1) is 12.8. The normalized spacial score (nSPS) is 9.89. The maximum absolute atomic E-state index is 8.76. The lowest BCUT2D eigenvalue weighted by atomic mass is 10.2. The zero-order valence-electron chi connectivity index (χ0n) is 9.67. The average Bonchev–Trinajstić information content (AvgIpc) is 2.36. The largest absolute Gasteiger partial charge is 0.354 e. The van der Waals surface area contributed by atoms with Gasteiger partial charge < -0.3 is 5.32 Å². The minimum absolute atomic E-state index is 0.505. The highest BCUT2D eigenvalue weighted by Gasteiger charge is 2.03. The number of benzene rings is 2. The summed E-state index contributed by atoms with van der Waals surface area (Å²) in [5.74, 6) is 0. The second-order valence-corrected chi connectivity index (χ2v) is 4.71. The van der Waals surface area contributed by atoms with Gasteiger partial charge in [0.2, 0.25) is 0 Å². The molecule has 18 heavy (non-hydrogen) atoms. The van der Waals surface area contributed by atoms with Crippen LogP contribution in [0.4, 0.5) is 11.4 Å². The summed E-state index contributed by atoms with van der Waals surface area (Å²) in [7, 11) is 0. The van der Waals surface area contributed by atoms with Gasteiger partial charge in [-0.25, -0.2) is 0 Å². The maximum atomic E-state index is 8.76. The molecule has 0 atom stereocenters. The zero-order valence-corrected chi connectivity index (χ0v) is 11.2. The number of hydrogen-bond donors (Lipinski definition) is 1. The van der Waals surface area contributed by atoms with Crippen molar-refractivity contribution in [2.45, 2.75) is 6.92 Å². The van der Waals surface area contributed by atoms with E-state index in [1.54, 1.807) is 18.2 Å². The molecular formula is C14H10Cl2N2. The molecular weight excluding hydrogens is 267 g/mol. The summed E-state index contributed by atoms with van der Waals surface area (Å²) in [5, 5.41) is 13.1. The van der Waals surface area contributed by atoms with E-state index >= 15 is 0 Å². The van der Waals surface area contributed by atoms with Crippen LogP contribution in [-0.4, -0.2) is 0 Å². The molecule has 0 spiro atoms. The smallest absolute Gasteiger partial charge is 0.0992 e. The highest BCUT2D eigenvalue weighted by atomic mass is 35.5. The molecule has 90 valence electrons. The molecule has 2 aromatic rings. The monoisotopic (exact) mass is 276 g/mol. The van der Waals surface area contributed by atoms with Crippen molar-refractivity contribution < 1.29 is 0 Å². The summed E-state index contributed by atoms with van der Waals surface area (Å²) >= 11 is 12.1. The Labute approximate surface area is 116 Å². The number of halogens is 2. The molecule has 0 fully saturated rings. The van der Waals surface area contributed by atoms with E-state index in [1.807, 2.05) is 31.2 Å². The number of nitrogens with one attached hydrogen (secondary N) is 1. The highest BCUT2D eigenvalue weighted by Crippen LogP contribution is 2.28. The first-order chi connectivity index (χ1) is 8.60. The minimum atomic E-state index is 0.505. The number of nitrogens with zero attached hydrogens (tertiary/aromatic N) is 1. The summed E-state index contributed by atoms with van der Waals surface area (Å²) in [6.45, 7) is 1.95. The van der Waals surface area contributed by atoms with Crippen molar-refractivity contribution in [1.29, 1.82) is 5.26 Å². The predicted octanol–water partition coefficient (Wildman–Crippen LogP) is 4.92. The Bertz CT molecular complexity index is 630. The van der Waals surface area contributed by atoms with Gasteiger partial charge in [0.25, 0.3) is 0 Å². The van der Waals surface area contributed by atoms with Crippen LogP contribution < -0.4 is 5.32 Å². The molecule has 0 aliphatic heterocycles. The van der Waals surface area contributed by atoms with Crippen molar-refractivity contribution in [3.8, 4) is 6.07 Å². The van der Waals surface area contributed by atoms with E-state index in [2.05, 4.69) is 5.32 Å². The third kappa shape index (κ3) is 2.76. The van der Waals surface area contributed by atoms with Crippen molar-refractivity contribution in [3.05, 3.63) is 57.6 Å². The summed E-state index contributed by atoms with van der Waals surface area (Å²) < 4.78 is 0. The maximum Gasteiger partial charge on any atom is 0.0992 e. The molecule has 0 amide bonds. The summed E-state index contributed by atoms with van der Waals surface area (Å²) in [6, 6.07) is 12.8. The number of nitriles is 1. The molecule has 0 unspecified atom stereocenters. The molecule has 0 heterocycles. The second-order valence-electron chi connectivity index (χ2n) is 3.90. The average molecular weight is 277 g/mol. The Kier molecular flexibility index (Phi) is 3.76. The van der Waals surface area contributed by atoms with Crippen molar-refractivity contribution in [2.75, 3.05) is 5.32 Å². The van der Waals surface area contributed by atoms with Crippen LogP contribution in [0.2, 0.25) is 10.0 Å². The van der Waals surface area contributed by atoms with Gasteiger partial charge in [-0.05, 0) is 42.8 Å². The Morgan fingerprint density at radius 1 is 1.06 bits per heavy atom. The van der Waals surface area contributed by atoms with Crippen LogP contribution in [0.1, 0.15) is 11.1 Å². The standard InChI is InChI=1S/C14H10Cl2N2/c1-9-2-4-11(7-12(9)15)18-14-5-3-10(8-17)6-13(14)16/h2-7,18H,1H3. The molecule has 2 aromatic carbocycles. The zero-order chi connectivity index (χ0) is 13.1.